The van der Waals surface area contributed by atoms with E-state index in [0.29, 0.717) is 59.2 Å². The maximum atomic E-state index is 13.6. The fourth-order valence-corrected chi connectivity index (χ4v) is 5.79. The number of hydrogen-bond acceptors (Lipinski definition) is 9. The van der Waals surface area contributed by atoms with Crippen LogP contribution in [0, 0.1) is 5.41 Å². The van der Waals surface area contributed by atoms with Crippen LogP contribution < -0.4 is 15.0 Å². The predicted molar refractivity (Wildman–Crippen MR) is 162 cm³/mol. The number of nitrogens with zero attached hydrogens (tertiary/aromatic N) is 2. The molecule has 0 saturated carbocycles. The fourth-order valence-electron chi connectivity index (χ4n) is 5.14. The summed E-state index contributed by atoms with van der Waals surface area (Å²) in [4.78, 5) is 28.2. The summed E-state index contributed by atoms with van der Waals surface area (Å²) in [7, 11) is 1.67. The van der Waals surface area contributed by atoms with Gasteiger partial charge < -0.3 is 40.4 Å². The van der Waals surface area contributed by atoms with Crippen LogP contribution >= 0.6 is 23.2 Å². The summed E-state index contributed by atoms with van der Waals surface area (Å²) in [6, 6.07) is 12.4. The van der Waals surface area contributed by atoms with Crippen LogP contribution in [0.25, 0.3) is 16.7 Å². The van der Waals surface area contributed by atoms with Crippen molar-refractivity contribution in [2.24, 2.45) is 0 Å². The molecule has 0 atom stereocenters. The first kappa shape index (κ1) is 30.3. The molecule has 0 bridgehead atoms. The Morgan fingerprint density at radius 1 is 1.07 bits per heavy atom. The molecule has 2 heterocycles. The minimum Gasteiger partial charge on any atom is -0.478 e. The van der Waals surface area contributed by atoms with Crippen LogP contribution in [-0.2, 0) is 10.6 Å². The van der Waals surface area contributed by atoms with Gasteiger partial charge in [-0.25, -0.2) is 9.69 Å². The van der Waals surface area contributed by atoms with E-state index in [0.717, 1.165) is 6.21 Å². The zero-order chi connectivity index (χ0) is 30.9. The third kappa shape index (κ3) is 5.65. The highest BCUT2D eigenvalue weighted by atomic mass is 35.5. The second kappa shape index (κ2) is 12.2. The lowest BCUT2D eigenvalue weighted by Gasteiger charge is -2.40. The van der Waals surface area contributed by atoms with Crippen LogP contribution in [-0.4, -0.2) is 78.4 Å². The number of morpholine rings is 1. The Balaban J connectivity index is 1.52. The van der Waals surface area contributed by atoms with Crippen molar-refractivity contribution in [2.75, 3.05) is 45.0 Å². The molecule has 1 saturated heterocycles. The van der Waals surface area contributed by atoms with Crippen molar-refractivity contribution >= 4 is 52.6 Å². The van der Waals surface area contributed by atoms with Crippen molar-refractivity contribution in [3.63, 3.8) is 0 Å². The van der Waals surface area contributed by atoms with Crippen LogP contribution in [0.3, 0.4) is 0 Å². The highest BCUT2D eigenvalue weighted by Gasteiger charge is 2.46. The monoisotopic (exact) mass is 626 g/mol. The Morgan fingerprint density at radius 2 is 1.77 bits per heavy atom. The number of aliphatic hydroxyl groups is 2. The molecule has 1 amide bonds. The van der Waals surface area contributed by atoms with Gasteiger partial charge in [0.15, 0.2) is 6.73 Å². The first-order valence-corrected chi connectivity index (χ1v) is 13.9. The average molecular weight is 627 g/mol. The molecular formula is C30H28Cl2N4O7. The molecule has 11 nitrogen and oxygen atoms in total. The van der Waals surface area contributed by atoms with Crippen LogP contribution in [0.4, 0.5) is 5.69 Å². The van der Waals surface area contributed by atoms with Gasteiger partial charge in [-0.2, -0.15) is 0 Å². The Morgan fingerprint density at radius 3 is 2.40 bits per heavy atom. The third-order valence-corrected chi connectivity index (χ3v) is 7.87. The largest absolute Gasteiger partial charge is 0.478 e. The number of carbonyl (C=O) groups is 2. The molecule has 3 aromatic rings. The van der Waals surface area contributed by atoms with Gasteiger partial charge in [0, 0.05) is 43.7 Å². The summed E-state index contributed by atoms with van der Waals surface area (Å²) in [5.74, 6) is -4.66. The number of allylic oxidation sites excluding steroid dienone is 1. The van der Waals surface area contributed by atoms with E-state index in [1.54, 1.807) is 37.5 Å². The van der Waals surface area contributed by atoms with Gasteiger partial charge in [0.1, 0.15) is 5.75 Å². The molecule has 0 aliphatic carbocycles. The number of benzene rings is 3. The first-order valence-electron chi connectivity index (χ1n) is 13.2. The number of carbonyl (C=O) groups excluding carboxylic acids is 1. The number of rotatable bonds is 7. The summed E-state index contributed by atoms with van der Waals surface area (Å²) in [5, 5.41) is 42.8. The molecule has 1 fully saturated rings. The van der Waals surface area contributed by atoms with Crippen molar-refractivity contribution in [2.45, 2.75) is 5.91 Å². The minimum atomic E-state index is -2.81. The number of halogens is 2. The van der Waals surface area contributed by atoms with Crippen molar-refractivity contribution in [1.82, 2.24) is 10.2 Å². The van der Waals surface area contributed by atoms with E-state index in [-0.39, 0.29) is 32.5 Å². The Hall–Kier alpha value is -4.13. The summed E-state index contributed by atoms with van der Waals surface area (Å²) >= 11 is 12.9. The number of nitrogens with one attached hydrogen (secondary N) is 2. The molecule has 0 aromatic heterocycles. The second-order valence-corrected chi connectivity index (χ2v) is 10.6. The summed E-state index contributed by atoms with van der Waals surface area (Å²) in [6.45, 7) is 1.39. The minimum absolute atomic E-state index is 0.0548. The summed E-state index contributed by atoms with van der Waals surface area (Å²) in [5.41, 5.74) is 2.34. The van der Waals surface area contributed by atoms with E-state index in [9.17, 15) is 24.9 Å². The molecule has 2 aliphatic heterocycles. The van der Waals surface area contributed by atoms with Crippen molar-refractivity contribution in [3.05, 3.63) is 87.0 Å². The molecule has 13 heteroatoms. The molecule has 2 aliphatic rings. The molecule has 3 aromatic carbocycles. The lowest BCUT2D eigenvalue weighted by molar-refractivity contribution is -0.276. The van der Waals surface area contributed by atoms with Gasteiger partial charge in [-0.3, -0.25) is 4.79 Å². The smallest absolute Gasteiger partial charge is 0.337 e. The molecule has 0 spiro atoms. The van der Waals surface area contributed by atoms with Gasteiger partial charge >= 0.3 is 5.97 Å². The number of anilines is 1. The summed E-state index contributed by atoms with van der Waals surface area (Å²) < 4.78 is 11.4. The van der Waals surface area contributed by atoms with Crippen molar-refractivity contribution < 1.29 is 34.4 Å². The first-order chi connectivity index (χ1) is 20.6. The molecule has 5 rings (SSSR count). The third-order valence-electron chi connectivity index (χ3n) is 7.27. The van der Waals surface area contributed by atoms with Crippen molar-refractivity contribution in [3.8, 4) is 16.9 Å². The molecule has 0 unspecified atom stereocenters. The molecule has 5 N–H and O–H groups in total. The standard InChI is InChI=1S/C30H28Cl2N4O7/c1-34-15-19(14-33)18-11-23(31)26(24(32)12-18)28(37)36-16-43-27-20(3-2-4-22(27)30(36,40)41)17-5-6-21(29(38)39)25(13-17)35-7-9-42-10-8-35/h2-6,11-15,33-34,40-41H,7-10,16H2,1H3,(H,38,39)/b19-15+,33-14?. The Kier molecular flexibility index (Phi) is 8.63. The maximum absolute atomic E-state index is 13.6. The SMILES string of the molecule is CN/C=C(\C=N)c1cc(Cl)c(C(=O)N2COc3c(-c4ccc(C(=O)O)c(N5CCOCC5)c4)cccc3C2(O)O)c(Cl)c1. The average Bonchev–Trinajstić information content (AvgIpc) is 2.99. The zero-order valence-electron chi connectivity index (χ0n) is 22.9. The molecule has 224 valence electrons. The highest BCUT2D eigenvalue weighted by Crippen LogP contribution is 2.44. The number of hydrogen-bond donors (Lipinski definition) is 5. The van der Waals surface area contributed by atoms with Crippen LogP contribution in [0.5, 0.6) is 5.75 Å². The second-order valence-electron chi connectivity index (χ2n) is 9.81. The van der Waals surface area contributed by atoms with Gasteiger partial charge in [-0.05, 0) is 41.5 Å². The number of ether oxygens (including phenoxy) is 2. The summed E-state index contributed by atoms with van der Waals surface area (Å²) in [6.07, 6.45) is 2.66. The van der Waals surface area contributed by atoms with E-state index in [4.69, 9.17) is 38.1 Å². The van der Waals surface area contributed by atoms with Gasteiger partial charge in [-0.15, -0.1) is 0 Å². The molecule has 43 heavy (non-hydrogen) atoms. The van der Waals surface area contributed by atoms with Gasteiger partial charge in [0.05, 0.1) is 45.6 Å². The Bertz CT molecular complexity index is 1610. The topological polar surface area (TPSA) is 156 Å². The quantitative estimate of drug-likeness (QED) is 0.193. The number of fused-ring (bicyclic) bond motifs is 1. The van der Waals surface area contributed by atoms with Gasteiger partial charge in [-0.1, -0.05) is 41.4 Å². The number of carboxylic acids is 1. The maximum Gasteiger partial charge on any atom is 0.337 e. The van der Waals surface area contributed by atoms with Crippen LogP contribution in [0.15, 0.2) is 54.7 Å². The normalized spacial score (nSPS) is 16.3. The molecule has 0 radical (unpaired) electrons. The van der Waals surface area contributed by atoms with Gasteiger partial charge in [0.25, 0.3) is 11.8 Å². The lowest BCUT2D eigenvalue weighted by Crippen LogP contribution is -2.54. The lowest BCUT2D eigenvalue weighted by atomic mass is 9.96. The highest BCUT2D eigenvalue weighted by molar-refractivity contribution is 6.40. The zero-order valence-corrected chi connectivity index (χ0v) is 24.4. The van der Waals surface area contributed by atoms with E-state index >= 15 is 0 Å². The number of para-hydroxylation sites is 1. The van der Waals surface area contributed by atoms with Crippen molar-refractivity contribution in [1.29, 1.82) is 5.41 Å². The number of aromatic carboxylic acids is 1. The van der Waals surface area contributed by atoms with Crippen LogP contribution in [0.1, 0.15) is 31.8 Å². The number of amides is 1. The molecular weight excluding hydrogens is 599 g/mol. The van der Waals surface area contributed by atoms with E-state index in [2.05, 4.69) is 5.32 Å². The Labute approximate surface area is 257 Å². The fraction of sp³-hybridized carbons (Fsp3) is 0.233. The van der Waals surface area contributed by atoms with E-state index in [1.807, 2.05) is 4.90 Å². The van der Waals surface area contributed by atoms with E-state index < -0.39 is 24.5 Å². The van der Waals surface area contributed by atoms with Gasteiger partial charge in [0.2, 0.25) is 0 Å². The van der Waals surface area contributed by atoms with E-state index in [1.165, 1.54) is 24.3 Å². The number of carboxylic acid groups (broad SMARTS) is 1. The predicted octanol–water partition coefficient (Wildman–Crippen LogP) is 3.99. The van der Waals surface area contributed by atoms with Crippen LogP contribution in [0.2, 0.25) is 10.0 Å².